The number of hydrogen-bond acceptors (Lipinski definition) is 4. The molecule has 120 valence electrons. The van der Waals surface area contributed by atoms with Gasteiger partial charge in [-0.05, 0) is 22.6 Å². The van der Waals surface area contributed by atoms with Gasteiger partial charge in [0, 0.05) is 33.6 Å². The first kappa shape index (κ1) is 15.1. The Bertz CT molecular complexity index is 1020. The lowest BCUT2D eigenvalue weighted by Gasteiger charge is -2.06. The minimum Gasteiger partial charge on any atom is -0.271 e. The number of aromatic amines is 1. The van der Waals surface area contributed by atoms with Gasteiger partial charge in [-0.25, -0.2) is 5.10 Å². The van der Waals surface area contributed by atoms with Crippen LogP contribution in [0.2, 0.25) is 10.0 Å². The lowest BCUT2D eigenvalue weighted by molar-refractivity contribution is 0.725. The molecule has 0 unspecified atom stereocenters. The zero-order valence-electron chi connectivity index (χ0n) is 12.7. The molecule has 0 amide bonds. The van der Waals surface area contributed by atoms with E-state index >= 15 is 0 Å². The number of nitrogens with one attached hydrogen (secondary N) is 1. The van der Waals surface area contributed by atoms with Crippen LogP contribution < -0.4 is 0 Å². The predicted molar refractivity (Wildman–Crippen MR) is 93.2 cm³/mol. The second kappa shape index (κ2) is 5.89. The average molecular weight is 359 g/mol. The standard InChI is InChI=1S/C16H12Cl2N6/c1-24-14(8-15-19-22-23-20-15)12-4-2-3-11(16(12)21-24)10-6-5-9(17)7-13(10)18/h2-7H,8H2,1H3,(H,19,20,22,23). The zero-order valence-corrected chi connectivity index (χ0v) is 14.2. The highest BCUT2D eigenvalue weighted by Crippen LogP contribution is 2.35. The number of tetrazole rings is 1. The van der Waals surface area contributed by atoms with Gasteiger partial charge in [0.05, 0.1) is 12.1 Å². The molecule has 24 heavy (non-hydrogen) atoms. The topological polar surface area (TPSA) is 72.3 Å². The summed E-state index contributed by atoms with van der Waals surface area (Å²) < 4.78 is 1.85. The summed E-state index contributed by atoms with van der Waals surface area (Å²) in [5.74, 6) is 0.690. The predicted octanol–water partition coefficient (Wildman–Crippen LogP) is 3.65. The van der Waals surface area contributed by atoms with Crippen molar-refractivity contribution in [1.82, 2.24) is 30.4 Å². The van der Waals surface area contributed by atoms with Crippen molar-refractivity contribution in [2.24, 2.45) is 7.05 Å². The summed E-state index contributed by atoms with van der Waals surface area (Å²) in [5, 5.41) is 20.9. The Morgan fingerprint density at radius 2 is 2.00 bits per heavy atom. The molecule has 2 aromatic heterocycles. The molecule has 2 heterocycles. The van der Waals surface area contributed by atoms with E-state index in [4.69, 9.17) is 23.2 Å². The highest BCUT2D eigenvalue weighted by molar-refractivity contribution is 6.36. The van der Waals surface area contributed by atoms with Gasteiger partial charge in [0.25, 0.3) is 0 Å². The number of aromatic nitrogens is 6. The normalized spacial score (nSPS) is 11.3. The number of fused-ring (bicyclic) bond motifs is 1. The van der Waals surface area contributed by atoms with Crippen LogP contribution in [0.3, 0.4) is 0 Å². The maximum absolute atomic E-state index is 6.38. The monoisotopic (exact) mass is 358 g/mol. The smallest absolute Gasteiger partial charge is 0.154 e. The van der Waals surface area contributed by atoms with E-state index in [-0.39, 0.29) is 0 Å². The molecular weight excluding hydrogens is 347 g/mol. The molecule has 0 aliphatic carbocycles. The molecule has 0 aliphatic rings. The van der Waals surface area contributed by atoms with Crippen LogP contribution in [0.25, 0.3) is 22.0 Å². The molecule has 1 N–H and O–H groups in total. The van der Waals surface area contributed by atoms with Gasteiger partial charge in [0.1, 0.15) is 5.52 Å². The van der Waals surface area contributed by atoms with Crippen LogP contribution in [0.15, 0.2) is 36.4 Å². The largest absolute Gasteiger partial charge is 0.271 e. The lowest BCUT2D eigenvalue weighted by Crippen LogP contribution is -2.00. The first-order chi connectivity index (χ1) is 11.6. The SMILES string of the molecule is Cn1nc2c(-c3ccc(Cl)cc3Cl)cccc2c1Cc1nnn[nH]1. The second-order valence-electron chi connectivity index (χ2n) is 5.42. The third-order valence-electron chi connectivity index (χ3n) is 3.93. The van der Waals surface area contributed by atoms with Gasteiger partial charge in [-0.1, -0.05) is 47.5 Å². The molecule has 0 saturated heterocycles. The number of benzene rings is 2. The molecule has 0 saturated carbocycles. The summed E-state index contributed by atoms with van der Waals surface area (Å²) in [6, 6.07) is 11.5. The maximum Gasteiger partial charge on any atom is 0.154 e. The molecule has 0 spiro atoms. The van der Waals surface area contributed by atoms with E-state index in [1.54, 1.807) is 6.07 Å². The molecule has 4 aromatic rings. The van der Waals surface area contributed by atoms with E-state index in [0.717, 1.165) is 27.7 Å². The molecule has 6 nitrogen and oxygen atoms in total. The van der Waals surface area contributed by atoms with Crippen molar-refractivity contribution in [3.63, 3.8) is 0 Å². The quantitative estimate of drug-likeness (QED) is 0.606. The number of nitrogens with zero attached hydrogens (tertiary/aromatic N) is 5. The fourth-order valence-corrected chi connectivity index (χ4v) is 3.33. The van der Waals surface area contributed by atoms with Crippen LogP contribution in [0, 0.1) is 0 Å². The minimum absolute atomic E-state index is 0.567. The molecule has 2 aromatic carbocycles. The summed E-state index contributed by atoms with van der Waals surface area (Å²) in [7, 11) is 1.91. The van der Waals surface area contributed by atoms with Gasteiger partial charge in [-0.15, -0.1) is 5.10 Å². The Labute approximate surface area is 147 Å². The minimum atomic E-state index is 0.567. The van der Waals surface area contributed by atoms with Crippen molar-refractivity contribution in [2.45, 2.75) is 6.42 Å². The van der Waals surface area contributed by atoms with Crippen molar-refractivity contribution >= 4 is 34.1 Å². The first-order valence-corrected chi connectivity index (χ1v) is 8.01. The Morgan fingerprint density at radius 1 is 1.12 bits per heavy atom. The third-order valence-corrected chi connectivity index (χ3v) is 4.48. The van der Waals surface area contributed by atoms with Gasteiger partial charge < -0.3 is 0 Å². The molecule has 0 radical (unpaired) electrons. The van der Waals surface area contributed by atoms with E-state index in [1.165, 1.54) is 0 Å². The number of halogens is 2. The van der Waals surface area contributed by atoms with Crippen molar-refractivity contribution in [3.8, 4) is 11.1 Å². The Morgan fingerprint density at radius 3 is 2.75 bits per heavy atom. The molecule has 0 aliphatic heterocycles. The Kier molecular flexibility index (Phi) is 3.70. The van der Waals surface area contributed by atoms with Crippen LogP contribution in [-0.4, -0.2) is 30.4 Å². The maximum atomic E-state index is 6.38. The number of H-pyrrole nitrogens is 1. The fraction of sp³-hybridized carbons (Fsp3) is 0.125. The molecule has 0 bridgehead atoms. The summed E-state index contributed by atoms with van der Waals surface area (Å²) in [6.45, 7) is 0. The van der Waals surface area contributed by atoms with Gasteiger partial charge in [0.15, 0.2) is 5.82 Å². The third kappa shape index (κ3) is 2.53. The number of hydrogen-bond donors (Lipinski definition) is 1. The van der Waals surface area contributed by atoms with Gasteiger partial charge in [0.2, 0.25) is 0 Å². The first-order valence-electron chi connectivity index (χ1n) is 7.26. The molecule has 0 atom stereocenters. The van der Waals surface area contributed by atoms with Gasteiger partial charge in [-0.2, -0.15) is 5.10 Å². The molecule has 4 rings (SSSR count). The summed E-state index contributed by atoms with van der Waals surface area (Å²) in [4.78, 5) is 0. The van der Waals surface area contributed by atoms with Crippen LogP contribution in [0.1, 0.15) is 11.5 Å². The van der Waals surface area contributed by atoms with E-state index in [2.05, 4.69) is 25.7 Å². The van der Waals surface area contributed by atoms with Crippen LogP contribution >= 0.6 is 23.2 Å². The van der Waals surface area contributed by atoms with E-state index in [1.807, 2.05) is 42.1 Å². The van der Waals surface area contributed by atoms with E-state index < -0.39 is 0 Å². The van der Waals surface area contributed by atoms with Crippen molar-refractivity contribution in [3.05, 3.63) is 58.0 Å². The highest BCUT2D eigenvalue weighted by atomic mass is 35.5. The summed E-state index contributed by atoms with van der Waals surface area (Å²) >= 11 is 12.4. The van der Waals surface area contributed by atoms with Gasteiger partial charge in [-0.3, -0.25) is 4.68 Å². The van der Waals surface area contributed by atoms with Crippen molar-refractivity contribution < 1.29 is 0 Å². The molecular formula is C16H12Cl2N6. The van der Waals surface area contributed by atoms with Crippen LogP contribution in [0.5, 0.6) is 0 Å². The summed E-state index contributed by atoms with van der Waals surface area (Å²) in [5.41, 5.74) is 3.77. The van der Waals surface area contributed by atoms with Crippen molar-refractivity contribution in [2.75, 3.05) is 0 Å². The molecule has 0 fully saturated rings. The number of rotatable bonds is 3. The van der Waals surface area contributed by atoms with Crippen LogP contribution in [-0.2, 0) is 13.5 Å². The van der Waals surface area contributed by atoms with E-state index in [9.17, 15) is 0 Å². The zero-order chi connectivity index (χ0) is 16.7. The Balaban J connectivity index is 1.89. The second-order valence-corrected chi connectivity index (χ2v) is 6.26. The number of aryl methyl sites for hydroxylation is 1. The lowest BCUT2D eigenvalue weighted by atomic mass is 10.0. The van der Waals surface area contributed by atoms with Crippen molar-refractivity contribution in [1.29, 1.82) is 0 Å². The van der Waals surface area contributed by atoms with E-state index in [0.29, 0.717) is 22.3 Å². The highest BCUT2D eigenvalue weighted by Gasteiger charge is 2.16. The molecule has 8 heteroatoms. The Hall–Kier alpha value is -2.44. The summed E-state index contributed by atoms with van der Waals surface area (Å²) in [6.07, 6.45) is 0.567. The fourth-order valence-electron chi connectivity index (χ4n) is 2.82. The average Bonchev–Trinajstić information content (AvgIpc) is 3.17. The van der Waals surface area contributed by atoms with Gasteiger partial charge >= 0.3 is 0 Å². The van der Waals surface area contributed by atoms with Crippen LogP contribution in [0.4, 0.5) is 0 Å².